The molecule has 106 valence electrons. The fourth-order valence-electron chi connectivity index (χ4n) is 2.16. The van der Waals surface area contributed by atoms with E-state index in [0.29, 0.717) is 12.0 Å². The summed E-state index contributed by atoms with van der Waals surface area (Å²) in [6.07, 6.45) is 0.488. The highest BCUT2D eigenvalue weighted by Crippen LogP contribution is 2.22. The van der Waals surface area contributed by atoms with Gasteiger partial charge in [-0.25, -0.2) is 8.78 Å². The van der Waals surface area contributed by atoms with Crippen molar-refractivity contribution in [2.75, 3.05) is 6.54 Å². The van der Waals surface area contributed by atoms with E-state index in [1.807, 2.05) is 31.2 Å². The molecular formula is C16H16BrF2N. The predicted molar refractivity (Wildman–Crippen MR) is 80.6 cm³/mol. The van der Waals surface area contributed by atoms with Gasteiger partial charge in [-0.2, -0.15) is 0 Å². The molecule has 0 radical (unpaired) electrons. The summed E-state index contributed by atoms with van der Waals surface area (Å²) >= 11 is 3.40. The van der Waals surface area contributed by atoms with E-state index in [1.165, 1.54) is 12.1 Å². The van der Waals surface area contributed by atoms with Crippen molar-refractivity contribution in [1.82, 2.24) is 5.32 Å². The van der Waals surface area contributed by atoms with Crippen LogP contribution in [0.15, 0.2) is 46.9 Å². The monoisotopic (exact) mass is 339 g/mol. The first-order valence-electron chi connectivity index (χ1n) is 6.53. The molecule has 0 saturated heterocycles. The first-order valence-corrected chi connectivity index (χ1v) is 7.32. The molecule has 0 spiro atoms. The number of halogens is 3. The molecule has 1 unspecified atom stereocenters. The predicted octanol–water partition coefficient (Wildman–Crippen LogP) is 4.62. The van der Waals surface area contributed by atoms with Crippen LogP contribution in [0.3, 0.4) is 0 Å². The fourth-order valence-corrected chi connectivity index (χ4v) is 2.42. The Morgan fingerprint density at radius 3 is 2.40 bits per heavy atom. The molecule has 2 rings (SSSR count). The molecule has 2 aromatic rings. The van der Waals surface area contributed by atoms with Crippen LogP contribution < -0.4 is 5.32 Å². The molecule has 2 aromatic carbocycles. The first-order chi connectivity index (χ1) is 9.60. The van der Waals surface area contributed by atoms with Crippen LogP contribution in [0.2, 0.25) is 0 Å². The first kappa shape index (κ1) is 15.1. The average Bonchev–Trinajstić information content (AvgIpc) is 2.42. The molecule has 0 saturated carbocycles. The third-order valence-electron chi connectivity index (χ3n) is 3.16. The summed E-state index contributed by atoms with van der Waals surface area (Å²) in [5.74, 6) is -1.04. The van der Waals surface area contributed by atoms with Crippen molar-refractivity contribution in [1.29, 1.82) is 0 Å². The maximum absolute atomic E-state index is 13.8. The van der Waals surface area contributed by atoms with Crippen LogP contribution >= 0.6 is 15.9 Å². The van der Waals surface area contributed by atoms with Crippen molar-refractivity contribution >= 4 is 15.9 Å². The van der Waals surface area contributed by atoms with E-state index in [4.69, 9.17) is 0 Å². The second kappa shape index (κ2) is 6.95. The zero-order chi connectivity index (χ0) is 14.5. The molecule has 1 N–H and O–H groups in total. The SMILES string of the molecule is CCNC(Cc1ccc(F)cc1F)c1ccc(Br)cc1. The Morgan fingerprint density at radius 2 is 1.80 bits per heavy atom. The lowest BCUT2D eigenvalue weighted by atomic mass is 9.98. The molecule has 0 heterocycles. The van der Waals surface area contributed by atoms with E-state index in [-0.39, 0.29) is 6.04 Å². The third-order valence-corrected chi connectivity index (χ3v) is 3.69. The molecule has 0 amide bonds. The van der Waals surface area contributed by atoms with Gasteiger partial charge in [0, 0.05) is 16.6 Å². The molecule has 0 aliphatic carbocycles. The molecule has 0 aromatic heterocycles. The molecule has 20 heavy (non-hydrogen) atoms. The summed E-state index contributed by atoms with van der Waals surface area (Å²) in [4.78, 5) is 0. The summed E-state index contributed by atoms with van der Waals surface area (Å²) in [7, 11) is 0. The van der Waals surface area contributed by atoms with Gasteiger partial charge in [0.05, 0.1) is 0 Å². The van der Waals surface area contributed by atoms with Gasteiger partial charge in [-0.15, -0.1) is 0 Å². The highest BCUT2D eigenvalue weighted by Gasteiger charge is 2.14. The Hall–Kier alpha value is -1.26. The molecule has 0 aliphatic heterocycles. The smallest absolute Gasteiger partial charge is 0.129 e. The highest BCUT2D eigenvalue weighted by molar-refractivity contribution is 9.10. The number of rotatable bonds is 5. The van der Waals surface area contributed by atoms with Gasteiger partial charge in [0.15, 0.2) is 0 Å². The van der Waals surface area contributed by atoms with Gasteiger partial charge in [0.25, 0.3) is 0 Å². The van der Waals surface area contributed by atoms with E-state index in [1.54, 1.807) is 0 Å². The fraction of sp³-hybridized carbons (Fsp3) is 0.250. The Balaban J connectivity index is 2.22. The van der Waals surface area contributed by atoms with Gasteiger partial charge < -0.3 is 5.32 Å². The number of nitrogens with one attached hydrogen (secondary N) is 1. The largest absolute Gasteiger partial charge is 0.310 e. The maximum atomic E-state index is 13.8. The lowest BCUT2D eigenvalue weighted by Gasteiger charge is -2.19. The van der Waals surface area contributed by atoms with Gasteiger partial charge in [-0.3, -0.25) is 0 Å². The quantitative estimate of drug-likeness (QED) is 0.837. The molecular weight excluding hydrogens is 324 g/mol. The van der Waals surface area contributed by atoms with Crippen molar-refractivity contribution in [2.45, 2.75) is 19.4 Å². The third kappa shape index (κ3) is 3.87. The van der Waals surface area contributed by atoms with Crippen molar-refractivity contribution in [3.63, 3.8) is 0 Å². The molecule has 0 aliphatic rings. The van der Waals surface area contributed by atoms with Crippen molar-refractivity contribution in [3.05, 3.63) is 69.7 Å². The van der Waals surface area contributed by atoms with E-state index in [0.717, 1.165) is 22.6 Å². The molecule has 1 nitrogen and oxygen atoms in total. The maximum Gasteiger partial charge on any atom is 0.129 e. The van der Waals surface area contributed by atoms with Gasteiger partial charge >= 0.3 is 0 Å². The minimum atomic E-state index is -0.546. The van der Waals surface area contributed by atoms with Gasteiger partial charge in [0.1, 0.15) is 11.6 Å². The van der Waals surface area contributed by atoms with Crippen molar-refractivity contribution in [3.8, 4) is 0 Å². The van der Waals surface area contributed by atoms with Crippen LogP contribution in [0, 0.1) is 11.6 Å². The van der Waals surface area contributed by atoms with Crippen molar-refractivity contribution < 1.29 is 8.78 Å². The van der Waals surface area contributed by atoms with Gasteiger partial charge in [0.2, 0.25) is 0 Å². The molecule has 0 bridgehead atoms. The Bertz CT molecular complexity index is 569. The van der Waals surface area contributed by atoms with Crippen LogP contribution in [-0.2, 0) is 6.42 Å². The summed E-state index contributed by atoms with van der Waals surface area (Å²) < 4.78 is 27.7. The lowest BCUT2D eigenvalue weighted by molar-refractivity contribution is 0.521. The Morgan fingerprint density at radius 1 is 1.10 bits per heavy atom. The molecule has 4 heteroatoms. The standard InChI is InChI=1S/C16H16BrF2N/c1-2-20-16(11-3-6-13(17)7-4-11)9-12-5-8-14(18)10-15(12)19/h3-8,10,16,20H,2,9H2,1H3. The Labute approximate surface area is 126 Å². The zero-order valence-electron chi connectivity index (χ0n) is 11.2. The molecule has 0 fully saturated rings. The normalized spacial score (nSPS) is 12.4. The summed E-state index contributed by atoms with van der Waals surface area (Å²) in [5, 5.41) is 3.33. The number of hydrogen-bond acceptors (Lipinski definition) is 1. The minimum Gasteiger partial charge on any atom is -0.310 e. The van der Waals surface area contributed by atoms with Gasteiger partial charge in [-0.1, -0.05) is 41.1 Å². The summed E-state index contributed by atoms with van der Waals surface area (Å²) in [5.41, 5.74) is 1.60. The number of likely N-dealkylation sites (N-methyl/N-ethyl adjacent to an activating group) is 1. The second-order valence-corrected chi connectivity index (χ2v) is 5.52. The van der Waals surface area contributed by atoms with Crippen LogP contribution in [0.1, 0.15) is 24.1 Å². The van der Waals surface area contributed by atoms with Crippen LogP contribution in [0.4, 0.5) is 8.78 Å². The average molecular weight is 340 g/mol. The lowest BCUT2D eigenvalue weighted by Crippen LogP contribution is -2.23. The van der Waals surface area contributed by atoms with Crippen LogP contribution in [0.5, 0.6) is 0 Å². The van der Waals surface area contributed by atoms with Crippen LogP contribution in [-0.4, -0.2) is 6.54 Å². The minimum absolute atomic E-state index is 0.00746. The van der Waals surface area contributed by atoms with Gasteiger partial charge in [-0.05, 0) is 42.3 Å². The van der Waals surface area contributed by atoms with Crippen LogP contribution in [0.25, 0.3) is 0 Å². The highest BCUT2D eigenvalue weighted by atomic mass is 79.9. The van der Waals surface area contributed by atoms with E-state index >= 15 is 0 Å². The van der Waals surface area contributed by atoms with E-state index in [9.17, 15) is 8.78 Å². The molecule has 1 atom stereocenters. The number of benzene rings is 2. The van der Waals surface area contributed by atoms with E-state index in [2.05, 4.69) is 21.2 Å². The topological polar surface area (TPSA) is 12.0 Å². The zero-order valence-corrected chi connectivity index (χ0v) is 12.8. The second-order valence-electron chi connectivity index (χ2n) is 4.60. The Kier molecular flexibility index (Phi) is 5.26. The number of hydrogen-bond donors (Lipinski definition) is 1. The summed E-state index contributed by atoms with van der Waals surface area (Å²) in [6.45, 7) is 2.79. The van der Waals surface area contributed by atoms with Crippen molar-refractivity contribution in [2.24, 2.45) is 0 Å². The summed E-state index contributed by atoms with van der Waals surface area (Å²) in [6, 6.07) is 11.7. The van der Waals surface area contributed by atoms with E-state index < -0.39 is 11.6 Å².